The molecule has 25 heavy (non-hydrogen) atoms. The summed E-state index contributed by atoms with van der Waals surface area (Å²) in [5.74, 6) is 1.81. The van der Waals surface area contributed by atoms with E-state index in [0.29, 0.717) is 6.54 Å². The summed E-state index contributed by atoms with van der Waals surface area (Å²) < 4.78 is 2.10. The van der Waals surface area contributed by atoms with Crippen molar-refractivity contribution in [3.63, 3.8) is 0 Å². The van der Waals surface area contributed by atoms with E-state index in [-0.39, 0.29) is 0 Å². The third-order valence-corrected chi connectivity index (χ3v) is 4.83. The average molecular weight is 356 g/mol. The van der Waals surface area contributed by atoms with E-state index in [9.17, 15) is 0 Å². The SMILES string of the molecule is CCNC(=NCc1nc2ccccc2n1C)N(C)Cc1csc(C)n1. The van der Waals surface area contributed by atoms with Gasteiger partial charge in [-0.3, -0.25) is 0 Å². The zero-order valence-corrected chi connectivity index (χ0v) is 16.0. The van der Waals surface area contributed by atoms with Crippen molar-refractivity contribution in [2.75, 3.05) is 13.6 Å². The minimum Gasteiger partial charge on any atom is -0.357 e. The van der Waals surface area contributed by atoms with Gasteiger partial charge in [-0.2, -0.15) is 0 Å². The molecule has 0 bridgehead atoms. The van der Waals surface area contributed by atoms with Gasteiger partial charge >= 0.3 is 0 Å². The summed E-state index contributed by atoms with van der Waals surface area (Å²) in [6, 6.07) is 8.16. The van der Waals surface area contributed by atoms with Crippen LogP contribution in [0.15, 0.2) is 34.6 Å². The molecule has 0 spiro atoms. The molecule has 0 atom stereocenters. The maximum atomic E-state index is 4.77. The Labute approximate surface area is 152 Å². The van der Waals surface area contributed by atoms with Gasteiger partial charge in [0.2, 0.25) is 0 Å². The van der Waals surface area contributed by atoms with Crippen molar-refractivity contribution in [1.82, 2.24) is 24.8 Å². The summed E-state index contributed by atoms with van der Waals surface area (Å²) >= 11 is 1.67. The summed E-state index contributed by atoms with van der Waals surface area (Å²) in [5.41, 5.74) is 3.20. The molecule has 2 heterocycles. The predicted molar refractivity (Wildman–Crippen MR) is 104 cm³/mol. The van der Waals surface area contributed by atoms with Gasteiger partial charge in [0, 0.05) is 26.0 Å². The molecule has 6 nitrogen and oxygen atoms in total. The van der Waals surface area contributed by atoms with Crippen LogP contribution in [0.5, 0.6) is 0 Å². The highest BCUT2D eigenvalue weighted by atomic mass is 32.1. The molecule has 132 valence electrons. The maximum Gasteiger partial charge on any atom is 0.194 e. The van der Waals surface area contributed by atoms with Gasteiger partial charge in [0.15, 0.2) is 5.96 Å². The number of fused-ring (bicyclic) bond motifs is 1. The summed E-state index contributed by atoms with van der Waals surface area (Å²) in [7, 11) is 4.07. The van der Waals surface area contributed by atoms with Crippen molar-refractivity contribution >= 4 is 28.3 Å². The van der Waals surface area contributed by atoms with Crippen molar-refractivity contribution in [3.8, 4) is 0 Å². The Balaban J connectivity index is 1.77. The molecule has 0 saturated carbocycles. The first kappa shape index (κ1) is 17.4. The Morgan fingerprint density at radius 1 is 1.32 bits per heavy atom. The fourth-order valence-electron chi connectivity index (χ4n) is 2.75. The molecule has 0 fully saturated rings. The average Bonchev–Trinajstić information content (AvgIpc) is 3.15. The van der Waals surface area contributed by atoms with Gasteiger partial charge in [0.05, 0.1) is 28.3 Å². The third kappa shape index (κ3) is 3.99. The summed E-state index contributed by atoms with van der Waals surface area (Å²) in [4.78, 5) is 16.1. The predicted octanol–water partition coefficient (Wildman–Crippen LogP) is 2.94. The number of nitrogens with one attached hydrogen (secondary N) is 1. The Hall–Kier alpha value is -2.41. The lowest BCUT2D eigenvalue weighted by atomic mass is 10.3. The van der Waals surface area contributed by atoms with Gasteiger partial charge in [0.25, 0.3) is 0 Å². The monoisotopic (exact) mass is 356 g/mol. The molecular weight excluding hydrogens is 332 g/mol. The molecular formula is C18H24N6S. The highest BCUT2D eigenvalue weighted by Gasteiger charge is 2.10. The van der Waals surface area contributed by atoms with Crippen molar-refractivity contribution < 1.29 is 0 Å². The second kappa shape index (κ2) is 7.65. The molecule has 1 N–H and O–H groups in total. The third-order valence-electron chi connectivity index (χ3n) is 4.01. The van der Waals surface area contributed by atoms with Crippen LogP contribution in [0.1, 0.15) is 23.4 Å². The quantitative estimate of drug-likeness (QED) is 0.564. The van der Waals surface area contributed by atoms with Crippen LogP contribution in [-0.2, 0) is 20.1 Å². The van der Waals surface area contributed by atoms with Gasteiger partial charge in [-0.1, -0.05) is 12.1 Å². The largest absolute Gasteiger partial charge is 0.357 e. The summed E-state index contributed by atoms with van der Waals surface area (Å²) in [6.45, 7) is 6.19. The van der Waals surface area contributed by atoms with Crippen LogP contribution in [0, 0.1) is 6.92 Å². The lowest BCUT2D eigenvalue weighted by molar-refractivity contribution is 0.470. The highest BCUT2D eigenvalue weighted by molar-refractivity contribution is 7.09. The lowest BCUT2D eigenvalue weighted by Gasteiger charge is -2.21. The van der Waals surface area contributed by atoms with E-state index in [2.05, 4.69) is 43.1 Å². The molecule has 2 aromatic heterocycles. The molecule has 0 saturated heterocycles. The van der Waals surface area contributed by atoms with E-state index in [1.54, 1.807) is 11.3 Å². The minimum atomic E-state index is 0.536. The molecule has 3 aromatic rings. The number of thiazole rings is 1. The lowest BCUT2D eigenvalue weighted by Crippen LogP contribution is -2.38. The number of aliphatic imine (C=N–C) groups is 1. The molecule has 0 radical (unpaired) electrons. The zero-order chi connectivity index (χ0) is 17.8. The van der Waals surface area contributed by atoms with Crippen LogP contribution in [-0.4, -0.2) is 39.0 Å². The minimum absolute atomic E-state index is 0.536. The Bertz CT molecular complexity index is 879. The van der Waals surface area contributed by atoms with Gasteiger partial charge in [0.1, 0.15) is 12.4 Å². The number of guanidine groups is 1. The van der Waals surface area contributed by atoms with E-state index in [0.717, 1.165) is 46.6 Å². The number of benzene rings is 1. The van der Waals surface area contributed by atoms with E-state index in [1.165, 1.54) is 0 Å². The second-order valence-electron chi connectivity index (χ2n) is 5.96. The second-order valence-corrected chi connectivity index (χ2v) is 7.02. The number of hydrogen-bond acceptors (Lipinski definition) is 4. The number of rotatable bonds is 5. The van der Waals surface area contributed by atoms with Gasteiger partial charge in [-0.15, -0.1) is 11.3 Å². The number of nitrogens with zero attached hydrogens (tertiary/aromatic N) is 5. The molecule has 1 aromatic carbocycles. The normalized spacial score (nSPS) is 11.9. The van der Waals surface area contributed by atoms with Crippen molar-refractivity contribution in [2.45, 2.75) is 26.9 Å². The fourth-order valence-corrected chi connectivity index (χ4v) is 3.35. The summed E-state index contributed by atoms with van der Waals surface area (Å²) in [5, 5.41) is 6.53. The van der Waals surface area contributed by atoms with E-state index in [1.807, 2.05) is 39.2 Å². The number of hydrogen-bond donors (Lipinski definition) is 1. The number of aromatic nitrogens is 3. The van der Waals surface area contributed by atoms with Crippen molar-refractivity contribution in [3.05, 3.63) is 46.2 Å². The van der Waals surface area contributed by atoms with Crippen LogP contribution in [0.2, 0.25) is 0 Å². The van der Waals surface area contributed by atoms with Gasteiger partial charge in [-0.25, -0.2) is 15.0 Å². The molecule has 3 rings (SSSR count). The molecule has 0 aliphatic carbocycles. The van der Waals surface area contributed by atoms with Crippen LogP contribution in [0.4, 0.5) is 0 Å². The first-order valence-electron chi connectivity index (χ1n) is 8.39. The maximum absolute atomic E-state index is 4.77. The molecule has 0 amide bonds. The molecule has 7 heteroatoms. The Morgan fingerprint density at radius 2 is 2.12 bits per heavy atom. The topological polar surface area (TPSA) is 58.3 Å². The number of para-hydroxylation sites is 2. The molecule has 0 aliphatic heterocycles. The van der Waals surface area contributed by atoms with Crippen LogP contribution in [0.3, 0.4) is 0 Å². The fraction of sp³-hybridized carbons (Fsp3) is 0.389. The van der Waals surface area contributed by atoms with Crippen molar-refractivity contribution in [1.29, 1.82) is 0 Å². The van der Waals surface area contributed by atoms with Crippen LogP contribution in [0.25, 0.3) is 11.0 Å². The highest BCUT2D eigenvalue weighted by Crippen LogP contribution is 2.15. The Kier molecular flexibility index (Phi) is 5.33. The Morgan fingerprint density at radius 3 is 2.80 bits per heavy atom. The first-order chi connectivity index (χ1) is 12.1. The van der Waals surface area contributed by atoms with Crippen molar-refractivity contribution in [2.24, 2.45) is 12.0 Å². The molecule has 0 unspecified atom stereocenters. The van der Waals surface area contributed by atoms with Gasteiger partial charge < -0.3 is 14.8 Å². The van der Waals surface area contributed by atoms with Gasteiger partial charge in [-0.05, 0) is 26.0 Å². The number of imidazole rings is 1. The van der Waals surface area contributed by atoms with E-state index >= 15 is 0 Å². The zero-order valence-electron chi connectivity index (χ0n) is 15.2. The number of aryl methyl sites for hydroxylation is 2. The van der Waals surface area contributed by atoms with Crippen LogP contribution >= 0.6 is 11.3 Å². The summed E-state index contributed by atoms with van der Waals surface area (Å²) in [6.07, 6.45) is 0. The smallest absolute Gasteiger partial charge is 0.194 e. The van der Waals surface area contributed by atoms with E-state index in [4.69, 9.17) is 4.99 Å². The van der Waals surface area contributed by atoms with Crippen LogP contribution < -0.4 is 5.32 Å². The standard InChI is InChI=1S/C18H24N6S/c1-5-19-18(23(3)11-14-12-25-13(2)21-14)20-10-17-22-15-8-6-7-9-16(15)24(17)4/h6-9,12H,5,10-11H2,1-4H3,(H,19,20). The first-order valence-corrected chi connectivity index (χ1v) is 9.27. The molecule has 0 aliphatic rings. The van der Waals surface area contributed by atoms with E-state index < -0.39 is 0 Å².